The van der Waals surface area contributed by atoms with Crippen molar-refractivity contribution in [1.82, 2.24) is 5.32 Å². The van der Waals surface area contributed by atoms with Crippen molar-refractivity contribution in [2.75, 3.05) is 0 Å². The molecule has 1 N–H and O–H groups in total. The lowest BCUT2D eigenvalue weighted by Gasteiger charge is -2.24. The summed E-state index contributed by atoms with van der Waals surface area (Å²) in [5, 5.41) is 3.59. The molecule has 0 saturated carbocycles. The quantitative estimate of drug-likeness (QED) is 0.801. The fourth-order valence-electron chi connectivity index (χ4n) is 1.32. The predicted molar refractivity (Wildman–Crippen MR) is 65.0 cm³/mol. The Hall–Kier alpha value is -0.340. The van der Waals surface area contributed by atoms with Gasteiger partial charge in [0.15, 0.2) is 0 Å². The lowest BCUT2D eigenvalue weighted by atomic mass is 10.0. The largest absolute Gasteiger partial charge is 0.308 e. The van der Waals surface area contributed by atoms with E-state index in [9.17, 15) is 0 Å². The van der Waals surface area contributed by atoms with Crippen molar-refractivity contribution in [2.45, 2.75) is 53.1 Å². The second-order valence-corrected chi connectivity index (χ2v) is 5.99. The molecule has 0 amide bonds. The molecule has 0 atom stereocenters. The Kier molecular flexibility index (Phi) is 3.73. The summed E-state index contributed by atoms with van der Waals surface area (Å²) in [7, 11) is 0. The molecule has 80 valence electrons. The number of hydrogen-bond acceptors (Lipinski definition) is 2. The zero-order valence-electron chi connectivity index (χ0n) is 9.90. The van der Waals surface area contributed by atoms with E-state index in [-0.39, 0.29) is 5.54 Å². The third-order valence-corrected chi connectivity index (χ3v) is 3.79. The standard InChI is InChI=1S/C12H21NS/c1-6-12(4,5)13-8-11-7-9(2)14-10(11)3/h7,13H,6,8H2,1-5H3. The van der Waals surface area contributed by atoms with Crippen molar-refractivity contribution in [2.24, 2.45) is 0 Å². The third kappa shape index (κ3) is 3.10. The van der Waals surface area contributed by atoms with E-state index in [4.69, 9.17) is 0 Å². The molecule has 0 bridgehead atoms. The molecule has 0 aliphatic heterocycles. The summed E-state index contributed by atoms with van der Waals surface area (Å²) in [6.07, 6.45) is 1.16. The molecule has 0 unspecified atom stereocenters. The highest BCUT2D eigenvalue weighted by molar-refractivity contribution is 7.12. The van der Waals surface area contributed by atoms with Crippen molar-refractivity contribution < 1.29 is 0 Å². The highest BCUT2D eigenvalue weighted by atomic mass is 32.1. The Morgan fingerprint density at radius 3 is 2.43 bits per heavy atom. The highest BCUT2D eigenvalue weighted by Crippen LogP contribution is 2.21. The van der Waals surface area contributed by atoms with E-state index >= 15 is 0 Å². The van der Waals surface area contributed by atoms with Gasteiger partial charge in [-0.05, 0) is 45.7 Å². The number of hydrogen-bond donors (Lipinski definition) is 1. The van der Waals surface area contributed by atoms with Crippen molar-refractivity contribution in [3.8, 4) is 0 Å². The minimum Gasteiger partial charge on any atom is -0.308 e. The first-order valence-electron chi connectivity index (χ1n) is 5.25. The van der Waals surface area contributed by atoms with Crippen molar-refractivity contribution in [3.63, 3.8) is 0 Å². The third-order valence-electron chi connectivity index (χ3n) is 2.79. The Morgan fingerprint density at radius 2 is 2.00 bits per heavy atom. The van der Waals surface area contributed by atoms with Gasteiger partial charge >= 0.3 is 0 Å². The topological polar surface area (TPSA) is 12.0 Å². The van der Waals surface area contributed by atoms with Crippen molar-refractivity contribution in [1.29, 1.82) is 0 Å². The van der Waals surface area contributed by atoms with Crippen LogP contribution in [0.4, 0.5) is 0 Å². The number of nitrogens with one attached hydrogen (secondary N) is 1. The van der Waals surface area contributed by atoms with Crippen LogP contribution in [0.5, 0.6) is 0 Å². The van der Waals surface area contributed by atoms with Crippen LogP contribution in [0.15, 0.2) is 6.07 Å². The minimum absolute atomic E-state index is 0.252. The number of rotatable bonds is 4. The van der Waals surface area contributed by atoms with Gasteiger partial charge in [0.2, 0.25) is 0 Å². The van der Waals surface area contributed by atoms with Gasteiger partial charge in [-0.2, -0.15) is 0 Å². The molecule has 1 aromatic heterocycles. The Bertz CT molecular complexity index is 299. The highest BCUT2D eigenvalue weighted by Gasteiger charge is 2.14. The van der Waals surface area contributed by atoms with Crippen LogP contribution < -0.4 is 5.32 Å². The average Bonchev–Trinajstić information content (AvgIpc) is 2.42. The molecule has 1 nitrogen and oxygen atoms in total. The predicted octanol–water partition coefficient (Wildman–Crippen LogP) is 3.64. The molecule has 2 heteroatoms. The van der Waals surface area contributed by atoms with Gasteiger partial charge in [-0.3, -0.25) is 0 Å². The molecule has 0 aliphatic rings. The van der Waals surface area contributed by atoms with E-state index in [1.807, 2.05) is 11.3 Å². The molecule has 0 radical (unpaired) electrons. The van der Waals surface area contributed by atoms with E-state index in [0.717, 1.165) is 13.0 Å². The maximum atomic E-state index is 3.59. The van der Waals surface area contributed by atoms with Gasteiger partial charge in [0.05, 0.1) is 0 Å². The zero-order valence-corrected chi connectivity index (χ0v) is 10.7. The monoisotopic (exact) mass is 211 g/mol. The minimum atomic E-state index is 0.252. The molecule has 14 heavy (non-hydrogen) atoms. The van der Waals surface area contributed by atoms with Gasteiger partial charge in [0.25, 0.3) is 0 Å². The summed E-state index contributed by atoms with van der Waals surface area (Å²) in [6.45, 7) is 12.1. The number of aryl methyl sites for hydroxylation is 2. The second-order valence-electron chi connectivity index (χ2n) is 4.53. The van der Waals surface area contributed by atoms with Crippen LogP contribution in [0.1, 0.15) is 42.5 Å². The fraction of sp³-hybridized carbons (Fsp3) is 0.667. The van der Waals surface area contributed by atoms with Crippen LogP contribution in [0.2, 0.25) is 0 Å². The molecule has 0 fully saturated rings. The average molecular weight is 211 g/mol. The van der Waals surface area contributed by atoms with Gasteiger partial charge in [-0.15, -0.1) is 11.3 Å². The Labute approximate surface area is 91.5 Å². The molecule has 0 spiro atoms. The zero-order chi connectivity index (χ0) is 10.8. The van der Waals surface area contributed by atoms with Gasteiger partial charge in [-0.1, -0.05) is 6.92 Å². The summed E-state index contributed by atoms with van der Waals surface area (Å²) in [4.78, 5) is 2.86. The molecule has 1 heterocycles. The summed E-state index contributed by atoms with van der Waals surface area (Å²) in [6, 6.07) is 2.29. The maximum absolute atomic E-state index is 3.59. The van der Waals surface area contributed by atoms with E-state index < -0.39 is 0 Å². The van der Waals surface area contributed by atoms with E-state index in [0.29, 0.717) is 0 Å². The fourth-order valence-corrected chi connectivity index (χ4v) is 2.26. The van der Waals surface area contributed by atoms with Crippen LogP contribution >= 0.6 is 11.3 Å². The van der Waals surface area contributed by atoms with Gasteiger partial charge in [-0.25, -0.2) is 0 Å². The summed E-state index contributed by atoms with van der Waals surface area (Å²) in [5.74, 6) is 0. The normalized spacial score (nSPS) is 12.1. The first kappa shape index (κ1) is 11.7. The summed E-state index contributed by atoms with van der Waals surface area (Å²) in [5.41, 5.74) is 1.71. The van der Waals surface area contributed by atoms with Gasteiger partial charge in [0.1, 0.15) is 0 Å². The van der Waals surface area contributed by atoms with Crippen LogP contribution in [0.3, 0.4) is 0 Å². The van der Waals surface area contributed by atoms with E-state index in [2.05, 4.69) is 46.0 Å². The Balaban J connectivity index is 2.58. The second kappa shape index (κ2) is 4.45. The van der Waals surface area contributed by atoms with Crippen LogP contribution in [-0.4, -0.2) is 5.54 Å². The van der Waals surface area contributed by atoms with Crippen molar-refractivity contribution >= 4 is 11.3 Å². The summed E-state index contributed by atoms with van der Waals surface area (Å²) < 4.78 is 0. The molecular weight excluding hydrogens is 190 g/mol. The first-order chi connectivity index (χ1) is 6.44. The molecule has 1 rings (SSSR count). The molecule has 0 saturated heterocycles. The van der Waals surface area contributed by atoms with Crippen LogP contribution in [-0.2, 0) is 6.54 Å². The lowest BCUT2D eigenvalue weighted by molar-refractivity contribution is 0.374. The lowest BCUT2D eigenvalue weighted by Crippen LogP contribution is -2.37. The maximum Gasteiger partial charge on any atom is 0.0221 e. The molecule has 0 aromatic carbocycles. The van der Waals surface area contributed by atoms with Gasteiger partial charge < -0.3 is 5.32 Å². The molecule has 0 aliphatic carbocycles. The van der Waals surface area contributed by atoms with Crippen LogP contribution in [0, 0.1) is 13.8 Å². The van der Waals surface area contributed by atoms with Gasteiger partial charge in [0, 0.05) is 21.8 Å². The first-order valence-corrected chi connectivity index (χ1v) is 6.07. The molecular formula is C12H21NS. The molecule has 1 aromatic rings. The smallest absolute Gasteiger partial charge is 0.0221 e. The number of thiophene rings is 1. The SMILES string of the molecule is CCC(C)(C)NCc1cc(C)sc1C. The van der Waals surface area contributed by atoms with Crippen molar-refractivity contribution in [3.05, 3.63) is 21.4 Å². The summed E-state index contributed by atoms with van der Waals surface area (Å²) >= 11 is 1.89. The Morgan fingerprint density at radius 1 is 1.36 bits per heavy atom. The van der Waals surface area contributed by atoms with E-state index in [1.54, 1.807) is 0 Å². The van der Waals surface area contributed by atoms with E-state index in [1.165, 1.54) is 15.3 Å². The van der Waals surface area contributed by atoms with Crippen LogP contribution in [0.25, 0.3) is 0 Å².